The van der Waals surface area contributed by atoms with Crippen molar-refractivity contribution in [1.29, 1.82) is 0 Å². The van der Waals surface area contributed by atoms with Gasteiger partial charge in [-0.2, -0.15) is 0 Å². The number of rotatable bonds is 7. The van der Waals surface area contributed by atoms with Crippen molar-refractivity contribution < 1.29 is 14.7 Å². The van der Waals surface area contributed by atoms with Gasteiger partial charge in [0.15, 0.2) is 5.69 Å². The second kappa shape index (κ2) is 6.99. The van der Waals surface area contributed by atoms with E-state index in [-0.39, 0.29) is 24.2 Å². The maximum atomic E-state index is 12.2. The minimum Gasteiger partial charge on any atom is -0.476 e. The summed E-state index contributed by atoms with van der Waals surface area (Å²) in [4.78, 5) is 26.7. The summed E-state index contributed by atoms with van der Waals surface area (Å²) in [6.07, 6.45) is 1.25. The molecule has 8 nitrogen and oxygen atoms in total. The van der Waals surface area contributed by atoms with Gasteiger partial charge in [0.25, 0.3) is 0 Å². The Bertz CT molecular complexity index is 471. The normalized spacial score (nSPS) is 12.4. The van der Waals surface area contributed by atoms with E-state index in [1.807, 2.05) is 32.8 Å². The lowest BCUT2D eigenvalue weighted by molar-refractivity contribution is -0.134. The largest absolute Gasteiger partial charge is 0.476 e. The zero-order valence-corrected chi connectivity index (χ0v) is 12.3. The molecule has 1 heterocycles. The number of hydrogen-bond acceptors (Lipinski definition) is 5. The fourth-order valence-corrected chi connectivity index (χ4v) is 2.06. The van der Waals surface area contributed by atoms with Gasteiger partial charge < -0.3 is 14.9 Å². The van der Waals surface area contributed by atoms with E-state index in [0.717, 1.165) is 6.54 Å². The van der Waals surface area contributed by atoms with E-state index >= 15 is 0 Å². The molecular weight excluding hydrogens is 262 g/mol. The van der Waals surface area contributed by atoms with Crippen LogP contribution in [-0.4, -0.2) is 75.0 Å². The minimum absolute atomic E-state index is 0.00805. The second-order valence-corrected chi connectivity index (χ2v) is 4.90. The molecular formula is C12H21N5O3. The molecule has 1 aromatic rings. The fraction of sp³-hybridized carbons (Fsp3) is 0.667. The van der Waals surface area contributed by atoms with E-state index in [2.05, 4.69) is 10.3 Å². The highest BCUT2D eigenvalue weighted by molar-refractivity contribution is 5.84. The zero-order valence-electron chi connectivity index (χ0n) is 12.3. The highest BCUT2D eigenvalue weighted by atomic mass is 16.4. The highest BCUT2D eigenvalue weighted by Gasteiger charge is 2.20. The van der Waals surface area contributed by atoms with Crippen molar-refractivity contribution in [2.45, 2.75) is 26.4 Å². The van der Waals surface area contributed by atoms with Gasteiger partial charge in [0.05, 0.1) is 6.20 Å². The predicted molar refractivity (Wildman–Crippen MR) is 72.4 cm³/mol. The summed E-state index contributed by atoms with van der Waals surface area (Å²) in [5.41, 5.74) is -0.165. The molecule has 112 valence electrons. The predicted octanol–water partition coefficient (Wildman–Crippen LogP) is -0.225. The summed E-state index contributed by atoms with van der Waals surface area (Å²) in [6, 6.07) is 0.0740. The topological polar surface area (TPSA) is 91.6 Å². The average molecular weight is 283 g/mol. The van der Waals surface area contributed by atoms with Crippen molar-refractivity contribution in [3.63, 3.8) is 0 Å². The molecule has 1 N–H and O–H groups in total. The fourth-order valence-electron chi connectivity index (χ4n) is 2.06. The Morgan fingerprint density at radius 2 is 2.10 bits per heavy atom. The van der Waals surface area contributed by atoms with Crippen LogP contribution in [0.15, 0.2) is 6.20 Å². The Kier molecular flexibility index (Phi) is 5.63. The molecule has 1 aromatic heterocycles. The van der Waals surface area contributed by atoms with Gasteiger partial charge in [-0.25, -0.2) is 9.48 Å². The molecule has 1 rings (SSSR count). The van der Waals surface area contributed by atoms with E-state index in [0.29, 0.717) is 6.54 Å². The summed E-state index contributed by atoms with van der Waals surface area (Å²) in [5.74, 6) is -1.26. The zero-order chi connectivity index (χ0) is 15.3. The van der Waals surface area contributed by atoms with Crippen LogP contribution in [0.3, 0.4) is 0 Å². The van der Waals surface area contributed by atoms with Gasteiger partial charge >= 0.3 is 5.97 Å². The molecule has 0 saturated carbocycles. The molecule has 0 spiro atoms. The van der Waals surface area contributed by atoms with Gasteiger partial charge in [-0.1, -0.05) is 5.21 Å². The van der Waals surface area contributed by atoms with Crippen LogP contribution in [0.4, 0.5) is 0 Å². The first-order valence-corrected chi connectivity index (χ1v) is 6.42. The Morgan fingerprint density at radius 1 is 1.45 bits per heavy atom. The molecule has 1 amide bonds. The SMILES string of the molecule is CCN(C(=O)Cn1cc(C(=O)O)nn1)C(C)CN(C)C. The summed E-state index contributed by atoms with van der Waals surface area (Å²) in [5, 5.41) is 15.9. The van der Waals surface area contributed by atoms with Crippen LogP contribution < -0.4 is 0 Å². The molecule has 0 radical (unpaired) electrons. The van der Waals surface area contributed by atoms with Crippen LogP contribution in [0, 0.1) is 0 Å². The summed E-state index contributed by atoms with van der Waals surface area (Å²) in [7, 11) is 3.90. The first-order valence-electron chi connectivity index (χ1n) is 6.42. The van der Waals surface area contributed by atoms with Gasteiger partial charge in [0.1, 0.15) is 6.54 Å². The second-order valence-electron chi connectivity index (χ2n) is 4.90. The minimum atomic E-state index is -1.16. The van der Waals surface area contributed by atoms with Gasteiger partial charge in [-0.05, 0) is 27.9 Å². The maximum absolute atomic E-state index is 12.2. The molecule has 8 heteroatoms. The highest BCUT2D eigenvalue weighted by Crippen LogP contribution is 2.03. The van der Waals surface area contributed by atoms with Crippen LogP contribution in [-0.2, 0) is 11.3 Å². The first kappa shape index (κ1) is 16.1. The van der Waals surface area contributed by atoms with Gasteiger partial charge in [0.2, 0.25) is 5.91 Å². The monoisotopic (exact) mass is 283 g/mol. The lowest BCUT2D eigenvalue weighted by Gasteiger charge is -2.30. The van der Waals surface area contributed by atoms with Gasteiger partial charge in [-0.15, -0.1) is 5.10 Å². The summed E-state index contributed by atoms with van der Waals surface area (Å²) < 4.78 is 1.25. The number of nitrogens with zero attached hydrogens (tertiary/aromatic N) is 5. The molecule has 0 fully saturated rings. The van der Waals surface area contributed by atoms with Crippen molar-refractivity contribution in [3.8, 4) is 0 Å². The number of aromatic nitrogens is 3. The molecule has 1 unspecified atom stereocenters. The third-order valence-electron chi connectivity index (χ3n) is 2.88. The van der Waals surface area contributed by atoms with E-state index in [9.17, 15) is 9.59 Å². The number of amides is 1. The summed E-state index contributed by atoms with van der Waals surface area (Å²) in [6.45, 7) is 5.23. The summed E-state index contributed by atoms with van der Waals surface area (Å²) >= 11 is 0. The number of carbonyl (C=O) groups excluding carboxylic acids is 1. The van der Waals surface area contributed by atoms with Crippen molar-refractivity contribution in [2.24, 2.45) is 0 Å². The van der Waals surface area contributed by atoms with E-state index in [4.69, 9.17) is 5.11 Å². The smallest absolute Gasteiger partial charge is 0.358 e. The number of carboxylic acid groups (broad SMARTS) is 1. The Morgan fingerprint density at radius 3 is 2.55 bits per heavy atom. The van der Waals surface area contributed by atoms with Crippen LogP contribution >= 0.6 is 0 Å². The van der Waals surface area contributed by atoms with E-state index in [1.54, 1.807) is 4.90 Å². The Hall–Kier alpha value is -1.96. The Balaban J connectivity index is 2.69. The number of aromatic carboxylic acids is 1. The quantitative estimate of drug-likeness (QED) is 0.743. The lowest BCUT2D eigenvalue weighted by Crippen LogP contribution is -2.45. The standard InChI is InChI=1S/C12H21N5O3/c1-5-17(9(2)6-15(3)4)11(18)8-16-7-10(12(19)20)13-14-16/h7,9H,5-6,8H2,1-4H3,(H,19,20). The number of likely N-dealkylation sites (N-methyl/N-ethyl adjacent to an activating group) is 2. The number of carboxylic acids is 1. The number of hydrogen-bond donors (Lipinski definition) is 1. The molecule has 1 atom stereocenters. The van der Waals surface area contributed by atoms with E-state index in [1.165, 1.54) is 10.9 Å². The van der Waals surface area contributed by atoms with Crippen molar-refractivity contribution in [2.75, 3.05) is 27.2 Å². The third kappa shape index (κ3) is 4.30. The molecule has 0 aliphatic rings. The van der Waals surface area contributed by atoms with E-state index < -0.39 is 5.97 Å². The number of carbonyl (C=O) groups is 2. The van der Waals surface area contributed by atoms with Crippen LogP contribution in [0.5, 0.6) is 0 Å². The molecule has 20 heavy (non-hydrogen) atoms. The van der Waals surface area contributed by atoms with Crippen molar-refractivity contribution >= 4 is 11.9 Å². The van der Waals surface area contributed by atoms with Crippen molar-refractivity contribution in [3.05, 3.63) is 11.9 Å². The van der Waals surface area contributed by atoms with Gasteiger partial charge in [0, 0.05) is 19.1 Å². The van der Waals surface area contributed by atoms with Crippen LogP contribution in [0.1, 0.15) is 24.3 Å². The lowest BCUT2D eigenvalue weighted by atomic mass is 10.2. The Labute approximate surface area is 118 Å². The average Bonchev–Trinajstić information content (AvgIpc) is 2.77. The first-order chi connectivity index (χ1) is 9.35. The molecule has 0 saturated heterocycles. The maximum Gasteiger partial charge on any atom is 0.358 e. The van der Waals surface area contributed by atoms with Crippen LogP contribution in [0.2, 0.25) is 0 Å². The third-order valence-corrected chi connectivity index (χ3v) is 2.88. The molecule has 0 bridgehead atoms. The molecule has 0 aliphatic carbocycles. The molecule has 0 aromatic carbocycles. The van der Waals surface area contributed by atoms with Crippen molar-refractivity contribution in [1.82, 2.24) is 24.8 Å². The van der Waals surface area contributed by atoms with Gasteiger partial charge in [-0.3, -0.25) is 4.79 Å². The van der Waals surface area contributed by atoms with Crippen LogP contribution in [0.25, 0.3) is 0 Å². The molecule has 0 aliphatic heterocycles.